The fourth-order valence-corrected chi connectivity index (χ4v) is 3.85. The fraction of sp³-hybridized carbons (Fsp3) is 0.538. The molecule has 0 saturated heterocycles. The van der Waals surface area contributed by atoms with Gasteiger partial charge in [-0.1, -0.05) is 0 Å². The molecule has 8 heteroatoms. The van der Waals surface area contributed by atoms with Gasteiger partial charge in [0.05, 0.1) is 11.9 Å². The summed E-state index contributed by atoms with van der Waals surface area (Å²) in [5, 5.41) is 12.6. The number of hydrogen-bond donors (Lipinski definition) is 2. The maximum Gasteiger partial charge on any atom is 0.416 e. The monoisotopic (exact) mass is 317 g/mol. The molecule has 2 aromatic heterocycles. The van der Waals surface area contributed by atoms with Crippen LogP contribution in [0, 0.1) is 6.92 Å². The van der Waals surface area contributed by atoms with Crippen LogP contribution >= 0.6 is 11.3 Å². The highest BCUT2D eigenvalue weighted by Gasteiger charge is 2.38. The van der Waals surface area contributed by atoms with Crippen molar-refractivity contribution in [1.29, 1.82) is 0 Å². The van der Waals surface area contributed by atoms with Crippen LogP contribution in [0.5, 0.6) is 0 Å². The number of anilines is 1. The molecule has 0 bridgehead atoms. The van der Waals surface area contributed by atoms with Crippen LogP contribution in [-0.2, 0) is 12.8 Å². The van der Waals surface area contributed by atoms with Crippen LogP contribution in [0.25, 0.3) is 10.2 Å². The lowest BCUT2D eigenvalue weighted by Gasteiger charge is -2.16. The summed E-state index contributed by atoms with van der Waals surface area (Å²) in [7, 11) is 0. The van der Waals surface area contributed by atoms with Gasteiger partial charge in [-0.3, -0.25) is 0 Å². The van der Waals surface area contributed by atoms with Crippen molar-refractivity contribution in [3.63, 3.8) is 0 Å². The van der Waals surface area contributed by atoms with Crippen molar-refractivity contribution in [3.8, 4) is 0 Å². The number of alkyl halides is 3. The SMILES string of the molecule is Cc1nc(NCC(O)C(F)(F)F)c2c3c(sc2n1)CCC3. The number of halogens is 3. The summed E-state index contributed by atoms with van der Waals surface area (Å²) in [6.07, 6.45) is -4.10. The molecule has 0 spiro atoms. The number of fused-ring (bicyclic) bond motifs is 3. The van der Waals surface area contributed by atoms with Crippen molar-refractivity contribution in [1.82, 2.24) is 9.97 Å². The standard InChI is InChI=1S/C13H14F3N3OS/c1-6-18-11(17-5-9(20)13(14,15)16)10-7-3-2-4-8(7)21-12(10)19-6/h9,20H,2-5H2,1H3,(H,17,18,19). The Kier molecular flexibility index (Phi) is 3.53. The van der Waals surface area contributed by atoms with Gasteiger partial charge in [-0.2, -0.15) is 13.2 Å². The first-order chi connectivity index (χ1) is 9.86. The Morgan fingerprint density at radius 1 is 1.33 bits per heavy atom. The van der Waals surface area contributed by atoms with Gasteiger partial charge in [-0.05, 0) is 31.7 Å². The van der Waals surface area contributed by atoms with Crippen LogP contribution in [-0.4, -0.2) is 33.9 Å². The van der Waals surface area contributed by atoms with Gasteiger partial charge in [-0.25, -0.2) is 9.97 Å². The second kappa shape index (κ2) is 5.10. The Balaban J connectivity index is 1.94. The molecule has 4 nitrogen and oxygen atoms in total. The van der Waals surface area contributed by atoms with Gasteiger partial charge in [0, 0.05) is 4.88 Å². The topological polar surface area (TPSA) is 58.0 Å². The van der Waals surface area contributed by atoms with Gasteiger partial charge < -0.3 is 10.4 Å². The predicted octanol–water partition coefficient (Wildman–Crippen LogP) is 2.82. The molecule has 0 amide bonds. The Morgan fingerprint density at radius 2 is 2.10 bits per heavy atom. The molecule has 0 saturated carbocycles. The van der Waals surface area contributed by atoms with Gasteiger partial charge in [0.2, 0.25) is 0 Å². The summed E-state index contributed by atoms with van der Waals surface area (Å²) in [6.45, 7) is 1.09. The van der Waals surface area contributed by atoms with Crippen LogP contribution < -0.4 is 5.32 Å². The third-order valence-electron chi connectivity index (χ3n) is 3.52. The van der Waals surface area contributed by atoms with Crippen molar-refractivity contribution < 1.29 is 18.3 Å². The summed E-state index contributed by atoms with van der Waals surface area (Å²) in [6, 6.07) is 0. The minimum absolute atomic E-state index is 0.389. The van der Waals surface area contributed by atoms with Gasteiger partial charge in [0.25, 0.3) is 0 Å². The van der Waals surface area contributed by atoms with Gasteiger partial charge >= 0.3 is 6.18 Å². The van der Waals surface area contributed by atoms with Crippen LogP contribution in [0.3, 0.4) is 0 Å². The summed E-state index contributed by atoms with van der Waals surface area (Å²) < 4.78 is 37.2. The summed E-state index contributed by atoms with van der Waals surface area (Å²) in [5.74, 6) is 0.895. The summed E-state index contributed by atoms with van der Waals surface area (Å²) >= 11 is 1.58. The van der Waals surface area contributed by atoms with E-state index in [9.17, 15) is 13.2 Å². The second-order valence-electron chi connectivity index (χ2n) is 5.10. The van der Waals surface area contributed by atoms with Crippen molar-refractivity contribution in [2.24, 2.45) is 0 Å². The molecule has 1 aliphatic rings. The van der Waals surface area contributed by atoms with E-state index in [4.69, 9.17) is 5.11 Å². The first-order valence-corrected chi connectivity index (χ1v) is 7.45. The molecule has 0 fully saturated rings. The minimum Gasteiger partial charge on any atom is -0.382 e. The third-order valence-corrected chi connectivity index (χ3v) is 4.70. The zero-order valence-electron chi connectivity index (χ0n) is 11.3. The molecule has 0 radical (unpaired) electrons. The summed E-state index contributed by atoms with van der Waals surface area (Å²) in [5.41, 5.74) is 1.14. The highest BCUT2D eigenvalue weighted by molar-refractivity contribution is 7.19. The van der Waals surface area contributed by atoms with Crippen LogP contribution in [0.1, 0.15) is 22.7 Å². The normalized spacial score (nSPS) is 16.2. The molecular formula is C13H14F3N3OS. The quantitative estimate of drug-likeness (QED) is 0.914. The highest BCUT2D eigenvalue weighted by Crippen LogP contribution is 2.39. The second-order valence-corrected chi connectivity index (χ2v) is 6.18. The van der Waals surface area contributed by atoms with E-state index in [0.29, 0.717) is 11.6 Å². The number of nitrogens with one attached hydrogen (secondary N) is 1. The van der Waals surface area contributed by atoms with Crippen molar-refractivity contribution in [2.75, 3.05) is 11.9 Å². The molecule has 2 N–H and O–H groups in total. The van der Waals surface area contributed by atoms with Crippen molar-refractivity contribution in [2.45, 2.75) is 38.5 Å². The average molecular weight is 317 g/mol. The largest absolute Gasteiger partial charge is 0.416 e. The zero-order valence-corrected chi connectivity index (χ0v) is 12.1. The van der Waals surface area contributed by atoms with Gasteiger partial charge in [0.1, 0.15) is 16.5 Å². The molecule has 0 aromatic carbocycles. The Hall–Kier alpha value is -1.41. The lowest BCUT2D eigenvalue weighted by molar-refractivity contribution is -0.198. The van der Waals surface area contributed by atoms with E-state index in [1.165, 1.54) is 4.88 Å². The van der Waals surface area contributed by atoms with E-state index < -0.39 is 18.8 Å². The van der Waals surface area contributed by atoms with E-state index in [1.54, 1.807) is 18.3 Å². The van der Waals surface area contributed by atoms with Crippen molar-refractivity contribution in [3.05, 3.63) is 16.3 Å². The predicted molar refractivity (Wildman–Crippen MR) is 74.7 cm³/mol. The molecule has 2 aromatic rings. The minimum atomic E-state index is -4.63. The number of aliphatic hydroxyl groups is 1. The van der Waals surface area contributed by atoms with Gasteiger partial charge in [-0.15, -0.1) is 11.3 Å². The number of thiophene rings is 1. The molecule has 1 atom stereocenters. The first kappa shape index (κ1) is 14.5. The van der Waals surface area contributed by atoms with Crippen LogP contribution in [0.15, 0.2) is 0 Å². The number of rotatable bonds is 3. The smallest absolute Gasteiger partial charge is 0.382 e. The maximum absolute atomic E-state index is 12.4. The number of hydrogen-bond acceptors (Lipinski definition) is 5. The molecule has 21 heavy (non-hydrogen) atoms. The van der Waals surface area contributed by atoms with Crippen LogP contribution in [0.4, 0.5) is 19.0 Å². The Labute approximate surface area is 123 Å². The lowest BCUT2D eigenvalue weighted by atomic mass is 10.2. The van der Waals surface area contributed by atoms with E-state index in [2.05, 4.69) is 15.3 Å². The Morgan fingerprint density at radius 3 is 2.81 bits per heavy atom. The molecular weight excluding hydrogens is 303 g/mol. The fourth-order valence-electron chi connectivity index (χ4n) is 2.54. The highest BCUT2D eigenvalue weighted by atomic mass is 32.1. The van der Waals surface area contributed by atoms with E-state index in [1.807, 2.05) is 0 Å². The number of aryl methyl sites for hydroxylation is 3. The van der Waals surface area contributed by atoms with Crippen molar-refractivity contribution >= 4 is 27.4 Å². The molecule has 114 valence electrons. The third kappa shape index (κ3) is 2.69. The average Bonchev–Trinajstić information content (AvgIpc) is 2.93. The van der Waals surface area contributed by atoms with E-state index in [0.717, 1.165) is 35.0 Å². The number of nitrogens with zero attached hydrogens (tertiary/aromatic N) is 2. The first-order valence-electron chi connectivity index (χ1n) is 6.64. The molecule has 3 rings (SSSR count). The van der Waals surface area contributed by atoms with Gasteiger partial charge in [0.15, 0.2) is 6.10 Å². The summed E-state index contributed by atoms with van der Waals surface area (Å²) in [4.78, 5) is 10.6. The zero-order chi connectivity index (χ0) is 15.2. The molecule has 0 aliphatic heterocycles. The number of aromatic nitrogens is 2. The molecule has 1 aliphatic carbocycles. The Bertz CT molecular complexity index is 683. The van der Waals surface area contributed by atoms with E-state index >= 15 is 0 Å². The van der Waals surface area contributed by atoms with E-state index in [-0.39, 0.29) is 0 Å². The molecule has 2 heterocycles. The maximum atomic E-state index is 12.4. The lowest BCUT2D eigenvalue weighted by Crippen LogP contribution is -2.35. The van der Waals surface area contributed by atoms with Crippen LogP contribution in [0.2, 0.25) is 0 Å². The molecule has 1 unspecified atom stereocenters. The number of aliphatic hydroxyl groups excluding tert-OH is 1.